The predicted molar refractivity (Wildman–Crippen MR) is 51.8 cm³/mol. The van der Waals surface area contributed by atoms with Crippen molar-refractivity contribution in [3.63, 3.8) is 0 Å². The van der Waals surface area contributed by atoms with Crippen LogP contribution in [0.3, 0.4) is 0 Å². The molecule has 10 nitrogen and oxygen atoms in total. The van der Waals surface area contributed by atoms with Gasteiger partial charge in [0.15, 0.2) is 0 Å². The Morgan fingerprint density at radius 3 is 0.778 bits per heavy atom. The Bertz CT molecular complexity index is 238. The average molecular weight is 268 g/mol. The van der Waals surface area contributed by atoms with Crippen molar-refractivity contribution in [3.05, 3.63) is 0 Å². The van der Waals surface area contributed by atoms with Crippen molar-refractivity contribution in [2.24, 2.45) is 0 Å². The molecule has 0 aromatic rings. The van der Waals surface area contributed by atoms with Gasteiger partial charge in [-0.05, 0) is 0 Å². The van der Waals surface area contributed by atoms with Gasteiger partial charge in [-0.1, -0.05) is 0 Å². The van der Waals surface area contributed by atoms with Gasteiger partial charge < -0.3 is 28.4 Å². The van der Waals surface area contributed by atoms with Crippen LogP contribution in [0.25, 0.3) is 0 Å². The first-order valence-corrected chi connectivity index (χ1v) is 4.08. The van der Waals surface area contributed by atoms with Crippen molar-refractivity contribution in [1.29, 1.82) is 0 Å². The third kappa shape index (κ3) is 11.6. The quantitative estimate of drug-likeness (QED) is 0.358. The first-order chi connectivity index (χ1) is 8.40. The predicted octanol–water partition coefficient (Wildman–Crippen LogP) is 1.07. The van der Waals surface area contributed by atoms with Crippen LogP contribution in [-0.4, -0.2) is 53.1 Å². The average Bonchev–Trinajstić information content (AvgIpc) is 2.38. The molecular formula is C8H12O10. The van der Waals surface area contributed by atoms with E-state index in [1.807, 2.05) is 0 Å². The molecule has 0 radical (unpaired) electrons. The van der Waals surface area contributed by atoms with Gasteiger partial charge in [-0.25, -0.2) is 19.2 Å². The van der Waals surface area contributed by atoms with Crippen LogP contribution < -0.4 is 0 Å². The maximum absolute atomic E-state index is 10.0. The van der Waals surface area contributed by atoms with Crippen molar-refractivity contribution in [2.75, 3.05) is 28.4 Å². The molecule has 0 aromatic heterocycles. The third-order valence-corrected chi connectivity index (χ3v) is 1.00. The summed E-state index contributed by atoms with van der Waals surface area (Å²) >= 11 is 0. The lowest BCUT2D eigenvalue weighted by Gasteiger charge is -1.96. The number of rotatable bonds is 0. The van der Waals surface area contributed by atoms with Gasteiger partial charge in [0.2, 0.25) is 0 Å². The summed E-state index contributed by atoms with van der Waals surface area (Å²) in [5.41, 5.74) is 0. The van der Waals surface area contributed by atoms with E-state index in [0.717, 1.165) is 28.4 Å². The lowest BCUT2D eigenvalue weighted by atomic mass is 11.2. The normalized spacial score (nSPS) is 7.78. The Kier molecular flexibility index (Phi) is 10.9. The molecule has 0 N–H and O–H groups in total. The van der Waals surface area contributed by atoms with Crippen molar-refractivity contribution in [2.45, 2.75) is 0 Å². The lowest BCUT2D eigenvalue weighted by molar-refractivity contribution is 0.0549. The van der Waals surface area contributed by atoms with Gasteiger partial charge >= 0.3 is 24.6 Å². The van der Waals surface area contributed by atoms with Crippen molar-refractivity contribution in [1.82, 2.24) is 0 Å². The highest BCUT2D eigenvalue weighted by atomic mass is 16.8. The van der Waals surface area contributed by atoms with Crippen LogP contribution in [0.1, 0.15) is 0 Å². The fourth-order valence-electron chi connectivity index (χ4n) is 0.303. The Hall–Kier alpha value is -2.52. The molecular weight excluding hydrogens is 256 g/mol. The maximum Gasteiger partial charge on any atom is 0.518 e. The zero-order valence-electron chi connectivity index (χ0n) is 10.1. The summed E-state index contributed by atoms with van der Waals surface area (Å²) in [6.07, 6.45) is -4.33. The van der Waals surface area contributed by atoms with E-state index < -0.39 is 24.6 Å². The van der Waals surface area contributed by atoms with E-state index in [1.165, 1.54) is 0 Å². The second kappa shape index (κ2) is 11.0. The summed E-state index contributed by atoms with van der Waals surface area (Å²) in [7, 11) is 4.35. The molecule has 0 fully saturated rings. The fourth-order valence-corrected chi connectivity index (χ4v) is 0.303. The van der Waals surface area contributed by atoms with Gasteiger partial charge in [-0.3, -0.25) is 0 Å². The highest BCUT2D eigenvalue weighted by molar-refractivity contribution is 5.77. The van der Waals surface area contributed by atoms with Crippen LogP contribution in [0.2, 0.25) is 0 Å². The number of hydrogen-bond donors (Lipinski definition) is 0. The summed E-state index contributed by atoms with van der Waals surface area (Å²) in [6.45, 7) is 0. The van der Waals surface area contributed by atoms with E-state index in [0.29, 0.717) is 0 Å². The van der Waals surface area contributed by atoms with E-state index in [4.69, 9.17) is 0 Å². The Balaban J connectivity index is 0. The zero-order chi connectivity index (χ0) is 14.6. The van der Waals surface area contributed by atoms with Crippen LogP contribution >= 0.6 is 0 Å². The highest BCUT2D eigenvalue weighted by Crippen LogP contribution is 1.85. The van der Waals surface area contributed by atoms with Crippen molar-refractivity contribution >= 4 is 24.6 Å². The monoisotopic (exact) mass is 268 g/mol. The molecule has 18 heavy (non-hydrogen) atoms. The molecule has 104 valence electrons. The zero-order valence-corrected chi connectivity index (χ0v) is 10.1. The maximum atomic E-state index is 10.0. The molecule has 0 aliphatic heterocycles. The van der Waals surface area contributed by atoms with Crippen LogP contribution in [-0.2, 0) is 28.4 Å². The second-order valence-electron chi connectivity index (χ2n) is 2.02. The van der Waals surface area contributed by atoms with Crippen LogP contribution in [0, 0.1) is 0 Å². The highest BCUT2D eigenvalue weighted by Gasteiger charge is 2.08. The lowest BCUT2D eigenvalue weighted by Crippen LogP contribution is -2.11. The molecule has 0 bridgehead atoms. The molecule has 0 rings (SSSR count). The molecule has 0 saturated heterocycles. The molecule has 10 heteroatoms. The van der Waals surface area contributed by atoms with Gasteiger partial charge in [0.05, 0.1) is 28.4 Å². The van der Waals surface area contributed by atoms with E-state index in [-0.39, 0.29) is 0 Å². The third-order valence-electron chi connectivity index (χ3n) is 1.00. The summed E-state index contributed by atoms with van der Waals surface area (Å²) in [4.78, 5) is 40.1. The Morgan fingerprint density at radius 1 is 0.500 bits per heavy atom. The van der Waals surface area contributed by atoms with Gasteiger partial charge in [0.25, 0.3) is 0 Å². The summed E-state index contributed by atoms with van der Waals surface area (Å²) in [5.74, 6) is 0. The second-order valence-corrected chi connectivity index (χ2v) is 2.02. The number of carbonyl (C=O) groups excluding carboxylic acids is 4. The van der Waals surface area contributed by atoms with Gasteiger partial charge in [-0.15, -0.1) is 0 Å². The number of hydrogen-bond acceptors (Lipinski definition) is 10. The topological polar surface area (TPSA) is 124 Å². The minimum atomic E-state index is -1.08. The van der Waals surface area contributed by atoms with E-state index in [9.17, 15) is 19.2 Å². The van der Waals surface area contributed by atoms with Crippen LogP contribution in [0.5, 0.6) is 0 Å². The molecule has 0 atom stereocenters. The molecule has 0 aliphatic carbocycles. The van der Waals surface area contributed by atoms with Gasteiger partial charge in [0.1, 0.15) is 0 Å². The van der Waals surface area contributed by atoms with Crippen LogP contribution in [0.15, 0.2) is 0 Å². The minimum Gasteiger partial charge on any atom is -0.437 e. The van der Waals surface area contributed by atoms with E-state index in [1.54, 1.807) is 0 Å². The molecule has 0 aromatic carbocycles. The summed E-state index contributed by atoms with van der Waals surface area (Å²) in [5, 5.41) is 0. The smallest absolute Gasteiger partial charge is 0.437 e. The molecule has 0 aliphatic rings. The van der Waals surface area contributed by atoms with Gasteiger partial charge in [-0.2, -0.15) is 0 Å². The van der Waals surface area contributed by atoms with Gasteiger partial charge in [0, 0.05) is 0 Å². The molecule has 0 amide bonds. The van der Waals surface area contributed by atoms with Crippen LogP contribution in [0.4, 0.5) is 19.2 Å². The number of carbonyl (C=O) groups is 4. The molecule has 0 unspecified atom stereocenters. The standard InChI is InChI=1S/2C4H6O5/c2*1-7-3(5)9-4(6)8-2/h2*1-2H3. The Morgan fingerprint density at radius 2 is 0.667 bits per heavy atom. The molecule has 0 spiro atoms. The number of ether oxygens (including phenoxy) is 6. The van der Waals surface area contributed by atoms with E-state index in [2.05, 4.69) is 28.4 Å². The van der Waals surface area contributed by atoms with E-state index >= 15 is 0 Å². The Labute approximate surface area is 102 Å². The molecule has 0 saturated carbocycles. The first-order valence-electron chi connectivity index (χ1n) is 4.08. The van der Waals surface area contributed by atoms with Crippen molar-refractivity contribution in [3.8, 4) is 0 Å². The summed E-state index contributed by atoms with van der Waals surface area (Å²) in [6, 6.07) is 0. The first kappa shape index (κ1) is 17.9. The van der Waals surface area contributed by atoms with Crippen molar-refractivity contribution < 1.29 is 47.6 Å². The largest absolute Gasteiger partial charge is 0.518 e. The SMILES string of the molecule is COC(=O)OC(=O)OC.COC(=O)OC(=O)OC. The number of methoxy groups -OCH3 is 4. The fraction of sp³-hybridized carbons (Fsp3) is 0.500. The minimum absolute atomic E-state index is 1.08. The molecule has 0 heterocycles. The summed E-state index contributed by atoms with van der Waals surface area (Å²) < 4.78 is 23.5.